The van der Waals surface area contributed by atoms with Crippen molar-refractivity contribution >= 4 is 15.9 Å². The molecule has 1 atom stereocenters. The van der Waals surface area contributed by atoms with Gasteiger partial charge in [-0.1, -0.05) is 18.2 Å². The van der Waals surface area contributed by atoms with Crippen molar-refractivity contribution in [2.24, 2.45) is 5.73 Å². The summed E-state index contributed by atoms with van der Waals surface area (Å²) in [4.78, 5) is 0. The predicted octanol–water partition coefficient (Wildman–Crippen LogP) is 3.33. The number of aryl methyl sites for hydroxylation is 2. The lowest BCUT2D eigenvalue weighted by Crippen LogP contribution is -2.19. The van der Waals surface area contributed by atoms with Gasteiger partial charge in [0.2, 0.25) is 0 Å². The first kappa shape index (κ1) is 13.3. The third-order valence-electron chi connectivity index (χ3n) is 3.41. The molecular weight excluding hydrogens is 290 g/mol. The summed E-state index contributed by atoms with van der Waals surface area (Å²) in [6.45, 7) is 7.11. The average Bonchev–Trinajstić information content (AvgIpc) is 2.73. The molecule has 2 aromatic rings. The Hall–Kier alpha value is -1.13. The van der Waals surface area contributed by atoms with E-state index in [2.05, 4.69) is 60.0 Å². The van der Waals surface area contributed by atoms with E-state index in [4.69, 9.17) is 5.73 Å². The summed E-state index contributed by atoms with van der Waals surface area (Å²) in [7, 11) is 0. The molecule has 96 valence electrons. The van der Waals surface area contributed by atoms with Gasteiger partial charge in [-0.15, -0.1) is 0 Å². The molecule has 18 heavy (non-hydrogen) atoms. The van der Waals surface area contributed by atoms with Gasteiger partial charge >= 0.3 is 0 Å². The number of benzene rings is 1. The molecule has 0 saturated heterocycles. The molecule has 0 fully saturated rings. The Morgan fingerprint density at radius 1 is 1.39 bits per heavy atom. The van der Waals surface area contributed by atoms with Crippen molar-refractivity contribution in [3.8, 4) is 0 Å². The van der Waals surface area contributed by atoms with Crippen LogP contribution in [0.4, 0.5) is 0 Å². The van der Waals surface area contributed by atoms with E-state index in [1.807, 2.05) is 10.9 Å². The van der Waals surface area contributed by atoms with Crippen LogP contribution in [-0.2, 0) is 6.54 Å². The normalized spacial score (nSPS) is 12.7. The van der Waals surface area contributed by atoms with Crippen LogP contribution in [-0.4, -0.2) is 9.78 Å². The monoisotopic (exact) mass is 307 g/mol. The summed E-state index contributed by atoms with van der Waals surface area (Å²) in [6.07, 6.45) is 1.81. The molecule has 2 N–H and O–H groups in total. The summed E-state index contributed by atoms with van der Waals surface area (Å²) >= 11 is 3.54. The highest BCUT2D eigenvalue weighted by molar-refractivity contribution is 9.10. The van der Waals surface area contributed by atoms with Crippen LogP contribution in [0.1, 0.15) is 35.3 Å². The Labute approximate surface area is 116 Å². The minimum Gasteiger partial charge on any atom is -0.319 e. The van der Waals surface area contributed by atoms with Crippen LogP contribution < -0.4 is 5.73 Å². The highest BCUT2D eigenvalue weighted by Gasteiger charge is 2.19. The molecule has 0 aliphatic heterocycles. The number of halogens is 1. The van der Waals surface area contributed by atoms with Gasteiger partial charge in [0.1, 0.15) is 0 Å². The first-order chi connectivity index (χ1) is 8.56. The minimum atomic E-state index is -0.151. The summed E-state index contributed by atoms with van der Waals surface area (Å²) in [5.74, 6) is 0. The maximum atomic E-state index is 6.42. The van der Waals surface area contributed by atoms with E-state index in [9.17, 15) is 0 Å². The van der Waals surface area contributed by atoms with E-state index in [-0.39, 0.29) is 6.04 Å². The van der Waals surface area contributed by atoms with Crippen LogP contribution in [0.2, 0.25) is 0 Å². The van der Waals surface area contributed by atoms with E-state index in [1.54, 1.807) is 0 Å². The lowest BCUT2D eigenvalue weighted by Gasteiger charge is -2.18. The molecule has 1 aromatic carbocycles. The number of rotatable bonds is 3. The number of nitrogens with two attached hydrogens (primary N) is 1. The fourth-order valence-corrected chi connectivity index (χ4v) is 2.73. The maximum Gasteiger partial charge on any atom is 0.0738 e. The molecule has 2 rings (SSSR count). The molecule has 0 amide bonds. The Balaban J connectivity index is 2.51. The average molecular weight is 308 g/mol. The highest BCUT2D eigenvalue weighted by Crippen LogP contribution is 2.29. The van der Waals surface area contributed by atoms with Gasteiger partial charge in [-0.3, -0.25) is 4.68 Å². The second-order valence-corrected chi connectivity index (χ2v) is 5.31. The van der Waals surface area contributed by atoms with Crippen molar-refractivity contribution in [2.75, 3.05) is 0 Å². The first-order valence-corrected chi connectivity index (χ1v) is 6.88. The zero-order chi connectivity index (χ0) is 13.3. The molecule has 1 aromatic heterocycles. The number of hydrogen-bond donors (Lipinski definition) is 1. The molecule has 0 bridgehead atoms. The van der Waals surface area contributed by atoms with Crippen molar-refractivity contribution in [3.63, 3.8) is 0 Å². The molecule has 0 aliphatic rings. The molecule has 0 radical (unpaired) electrons. The smallest absolute Gasteiger partial charge is 0.0738 e. The van der Waals surface area contributed by atoms with Gasteiger partial charge < -0.3 is 5.73 Å². The van der Waals surface area contributed by atoms with Gasteiger partial charge in [0, 0.05) is 6.54 Å². The molecular formula is C14H18BrN3. The SMILES string of the molecule is CCn1ncc(Br)c1C(N)c1cccc(C)c1C. The highest BCUT2D eigenvalue weighted by atomic mass is 79.9. The van der Waals surface area contributed by atoms with Crippen molar-refractivity contribution in [1.82, 2.24) is 9.78 Å². The van der Waals surface area contributed by atoms with E-state index < -0.39 is 0 Å². The van der Waals surface area contributed by atoms with E-state index in [0.717, 1.165) is 22.3 Å². The lowest BCUT2D eigenvalue weighted by atomic mass is 9.96. The van der Waals surface area contributed by atoms with E-state index in [1.165, 1.54) is 11.1 Å². The van der Waals surface area contributed by atoms with Gasteiger partial charge in [0.25, 0.3) is 0 Å². The van der Waals surface area contributed by atoms with Crippen LogP contribution in [0.15, 0.2) is 28.9 Å². The molecule has 0 saturated carbocycles. The fourth-order valence-electron chi connectivity index (χ4n) is 2.19. The Kier molecular flexibility index (Phi) is 3.88. The predicted molar refractivity (Wildman–Crippen MR) is 77.5 cm³/mol. The summed E-state index contributed by atoms with van der Waals surface area (Å²) in [6, 6.07) is 6.10. The molecule has 0 spiro atoms. The Morgan fingerprint density at radius 2 is 2.11 bits per heavy atom. The topological polar surface area (TPSA) is 43.8 Å². The van der Waals surface area contributed by atoms with Crippen LogP contribution in [0, 0.1) is 13.8 Å². The summed E-state index contributed by atoms with van der Waals surface area (Å²) in [5, 5.41) is 4.32. The first-order valence-electron chi connectivity index (χ1n) is 6.09. The number of aromatic nitrogens is 2. The summed E-state index contributed by atoms with van der Waals surface area (Å²) < 4.78 is 2.91. The largest absolute Gasteiger partial charge is 0.319 e. The molecule has 3 nitrogen and oxygen atoms in total. The Bertz CT molecular complexity index is 560. The van der Waals surface area contributed by atoms with Crippen LogP contribution in [0.3, 0.4) is 0 Å². The quantitative estimate of drug-likeness (QED) is 0.945. The third-order valence-corrected chi connectivity index (χ3v) is 4.02. The fraction of sp³-hybridized carbons (Fsp3) is 0.357. The van der Waals surface area contributed by atoms with Crippen molar-refractivity contribution in [3.05, 3.63) is 51.3 Å². The molecule has 0 aliphatic carbocycles. The standard InChI is InChI=1S/C14H18BrN3/c1-4-18-14(12(15)8-17-18)13(16)11-7-5-6-9(2)10(11)3/h5-8,13H,4,16H2,1-3H3. The van der Waals surface area contributed by atoms with Gasteiger partial charge in [-0.25, -0.2) is 0 Å². The van der Waals surface area contributed by atoms with Gasteiger partial charge in [0.15, 0.2) is 0 Å². The van der Waals surface area contributed by atoms with Crippen LogP contribution >= 0.6 is 15.9 Å². The van der Waals surface area contributed by atoms with Gasteiger partial charge in [-0.05, 0) is 53.4 Å². The second kappa shape index (κ2) is 5.24. The third kappa shape index (κ3) is 2.22. The van der Waals surface area contributed by atoms with Crippen molar-refractivity contribution < 1.29 is 0 Å². The lowest BCUT2D eigenvalue weighted by molar-refractivity contribution is 0.598. The molecule has 4 heteroatoms. The number of hydrogen-bond acceptors (Lipinski definition) is 2. The van der Waals surface area contributed by atoms with Crippen molar-refractivity contribution in [2.45, 2.75) is 33.4 Å². The maximum absolute atomic E-state index is 6.42. The zero-order valence-corrected chi connectivity index (χ0v) is 12.5. The van der Waals surface area contributed by atoms with E-state index >= 15 is 0 Å². The van der Waals surface area contributed by atoms with Crippen LogP contribution in [0.25, 0.3) is 0 Å². The minimum absolute atomic E-state index is 0.151. The molecule has 1 unspecified atom stereocenters. The van der Waals surface area contributed by atoms with Gasteiger partial charge in [-0.2, -0.15) is 5.10 Å². The zero-order valence-electron chi connectivity index (χ0n) is 10.9. The Morgan fingerprint density at radius 3 is 2.78 bits per heavy atom. The van der Waals surface area contributed by atoms with Gasteiger partial charge in [0.05, 0.1) is 22.4 Å². The van der Waals surface area contributed by atoms with Crippen molar-refractivity contribution in [1.29, 1.82) is 0 Å². The second-order valence-electron chi connectivity index (χ2n) is 4.46. The van der Waals surface area contributed by atoms with E-state index in [0.29, 0.717) is 0 Å². The number of nitrogens with zero attached hydrogens (tertiary/aromatic N) is 2. The summed E-state index contributed by atoms with van der Waals surface area (Å²) in [5.41, 5.74) is 11.1. The molecule has 1 heterocycles. The van der Waals surface area contributed by atoms with Crippen LogP contribution in [0.5, 0.6) is 0 Å².